The maximum absolute atomic E-state index is 12.8. The number of rotatable bonds is 3. The van der Waals surface area contributed by atoms with Crippen LogP contribution in [0, 0.1) is 5.92 Å². The van der Waals surface area contributed by atoms with Gasteiger partial charge in [0, 0.05) is 30.7 Å². The molecule has 146 valence electrons. The zero-order chi connectivity index (χ0) is 18.9. The number of hydrogen-bond acceptors (Lipinski definition) is 4. The van der Waals surface area contributed by atoms with Crippen molar-refractivity contribution in [3.05, 3.63) is 42.7 Å². The van der Waals surface area contributed by atoms with Crippen LogP contribution in [-0.4, -0.2) is 57.5 Å². The van der Waals surface area contributed by atoms with Crippen molar-refractivity contribution in [2.75, 3.05) is 25.0 Å². The molecular weight excluding hydrogens is 350 g/mol. The van der Waals surface area contributed by atoms with E-state index in [-0.39, 0.29) is 6.03 Å². The molecule has 28 heavy (non-hydrogen) atoms. The van der Waals surface area contributed by atoms with Gasteiger partial charge < -0.3 is 10.2 Å². The minimum absolute atomic E-state index is 0.0296. The van der Waals surface area contributed by atoms with E-state index in [1.807, 2.05) is 35.2 Å². The van der Waals surface area contributed by atoms with Crippen LogP contribution in [0.1, 0.15) is 32.1 Å². The summed E-state index contributed by atoms with van der Waals surface area (Å²) in [6.07, 6.45) is 9.72. The molecule has 2 unspecified atom stereocenters. The van der Waals surface area contributed by atoms with Crippen LogP contribution in [0.15, 0.2) is 42.7 Å². The fourth-order valence-corrected chi connectivity index (χ4v) is 4.82. The van der Waals surface area contributed by atoms with Gasteiger partial charge in [-0.2, -0.15) is 0 Å². The highest BCUT2D eigenvalue weighted by atomic mass is 16.2. The number of hydrogen-bond donors (Lipinski definition) is 1. The normalized spacial score (nSPS) is 25.2. The van der Waals surface area contributed by atoms with Crippen molar-refractivity contribution in [1.29, 1.82) is 0 Å². The third-order valence-electron chi connectivity index (χ3n) is 6.35. The van der Waals surface area contributed by atoms with E-state index in [0.29, 0.717) is 23.5 Å². The van der Waals surface area contributed by atoms with Crippen LogP contribution >= 0.6 is 0 Å². The highest BCUT2D eigenvalue weighted by Gasteiger charge is 2.42. The van der Waals surface area contributed by atoms with E-state index >= 15 is 0 Å². The zero-order valence-corrected chi connectivity index (χ0v) is 16.1. The van der Waals surface area contributed by atoms with Crippen LogP contribution in [0.25, 0.3) is 11.4 Å². The first kappa shape index (κ1) is 17.6. The molecule has 1 N–H and O–H groups in total. The second-order valence-electron chi connectivity index (χ2n) is 8.26. The number of nitrogens with one attached hydrogen (secondary N) is 1. The Bertz CT molecular complexity index is 821. The van der Waals surface area contributed by atoms with Gasteiger partial charge in [0.1, 0.15) is 0 Å². The lowest BCUT2D eigenvalue weighted by Crippen LogP contribution is -2.56. The SMILES string of the molecule is O=C(Nc1cnc(-c2ccccc2)nc1)N1CCC2C(CCCN2C2CC2)C1. The Morgan fingerprint density at radius 3 is 2.54 bits per heavy atom. The molecule has 1 aromatic heterocycles. The summed E-state index contributed by atoms with van der Waals surface area (Å²) in [5.74, 6) is 1.28. The summed E-state index contributed by atoms with van der Waals surface area (Å²) in [5.41, 5.74) is 1.62. The Kier molecular flexibility index (Phi) is 4.72. The van der Waals surface area contributed by atoms with E-state index in [2.05, 4.69) is 20.2 Å². The average molecular weight is 377 g/mol. The number of anilines is 1. The van der Waals surface area contributed by atoms with Crippen molar-refractivity contribution in [1.82, 2.24) is 19.8 Å². The third-order valence-corrected chi connectivity index (χ3v) is 6.35. The van der Waals surface area contributed by atoms with Crippen molar-refractivity contribution >= 4 is 11.7 Å². The Morgan fingerprint density at radius 2 is 1.79 bits per heavy atom. The molecule has 2 aromatic rings. The summed E-state index contributed by atoms with van der Waals surface area (Å²) in [7, 11) is 0. The smallest absolute Gasteiger partial charge is 0.321 e. The molecule has 5 rings (SSSR count). The van der Waals surface area contributed by atoms with Gasteiger partial charge in [0.2, 0.25) is 0 Å². The lowest BCUT2D eigenvalue weighted by atomic mass is 9.84. The number of nitrogens with zero attached hydrogens (tertiary/aromatic N) is 4. The van der Waals surface area contributed by atoms with Gasteiger partial charge in [0.25, 0.3) is 0 Å². The number of likely N-dealkylation sites (tertiary alicyclic amines) is 2. The van der Waals surface area contributed by atoms with Gasteiger partial charge in [-0.05, 0) is 44.6 Å². The number of fused-ring (bicyclic) bond motifs is 1. The molecule has 3 aliphatic rings. The van der Waals surface area contributed by atoms with Gasteiger partial charge in [-0.3, -0.25) is 4.90 Å². The Hall–Kier alpha value is -2.47. The largest absolute Gasteiger partial charge is 0.324 e. The molecule has 6 nitrogen and oxygen atoms in total. The fourth-order valence-electron chi connectivity index (χ4n) is 4.82. The average Bonchev–Trinajstić information content (AvgIpc) is 3.59. The molecule has 2 saturated heterocycles. The van der Waals surface area contributed by atoms with Crippen molar-refractivity contribution in [2.24, 2.45) is 5.92 Å². The summed E-state index contributed by atoms with van der Waals surface area (Å²) < 4.78 is 0. The molecule has 1 saturated carbocycles. The Balaban J connectivity index is 1.20. The van der Waals surface area contributed by atoms with Crippen LogP contribution in [0.2, 0.25) is 0 Å². The van der Waals surface area contributed by atoms with Gasteiger partial charge in [0.15, 0.2) is 5.82 Å². The monoisotopic (exact) mass is 377 g/mol. The third kappa shape index (κ3) is 3.61. The molecule has 2 aliphatic heterocycles. The molecule has 3 heterocycles. The van der Waals surface area contributed by atoms with E-state index in [4.69, 9.17) is 0 Å². The lowest BCUT2D eigenvalue weighted by Gasteiger charge is -2.47. The molecule has 2 atom stereocenters. The van der Waals surface area contributed by atoms with Gasteiger partial charge in [-0.15, -0.1) is 0 Å². The zero-order valence-electron chi connectivity index (χ0n) is 16.1. The number of aromatic nitrogens is 2. The molecule has 0 spiro atoms. The predicted octanol–water partition coefficient (Wildman–Crippen LogP) is 3.62. The highest BCUT2D eigenvalue weighted by molar-refractivity contribution is 5.89. The van der Waals surface area contributed by atoms with Gasteiger partial charge in [0.05, 0.1) is 18.1 Å². The molecule has 3 fully saturated rings. The number of carbonyl (C=O) groups is 1. The second-order valence-corrected chi connectivity index (χ2v) is 8.26. The minimum atomic E-state index is -0.0296. The number of carbonyl (C=O) groups excluding carboxylic acids is 1. The predicted molar refractivity (Wildman–Crippen MR) is 109 cm³/mol. The van der Waals surface area contributed by atoms with E-state index in [0.717, 1.165) is 31.1 Å². The second kappa shape index (κ2) is 7.51. The molecule has 6 heteroatoms. The maximum atomic E-state index is 12.8. The van der Waals surface area contributed by atoms with Crippen LogP contribution < -0.4 is 5.32 Å². The maximum Gasteiger partial charge on any atom is 0.321 e. The van der Waals surface area contributed by atoms with Gasteiger partial charge in [-0.25, -0.2) is 14.8 Å². The minimum Gasteiger partial charge on any atom is -0.324 e. The van der Waals surface area contributed by atoms with Crippen molar-refractivity contribution < 1.29 is 4.79 Å². The quantitative estimate of drug-likeness (QED) is 0.887. The number of urea groups is 1. The summed E-state index contributed by atoms with van der Waals surface area (Å²) >= 11 is 0. The lowest BCUT2D eigenvalue weighted by molar-refractivity contribution is 0.0315. The van der Waals surface area contributed by atoms with Crippen LogP contribution in [0.5, 0.6) is 0 Å². The van der Waals surface area contributed by atoms with E-state index in [1.54, 1.807) is 12.4 Å². The Morgan fingerprint density at radius 1 is 1.00 bits per heavy atom. The van der Waals surface area contributed by atoms with Crippen molar-refractivity contribution in [3.8, 4) is 11.4 Å². The summed E-state index contributed by atoms with van der Waals surface area (Å²) in [6, 6.07) is 11.3. The van der Waals surface area contributed by atoms with Crippen LogP contribution in [0.3, 0.4) is 0 Å². The molecule has 1 aliphatic carbocycles. The van der Waals surface area contributed by atoms with Gasteiger partial charge >= 0.3 is 6.03 Å². The van der Waals surface area contributed by atoms with Crippen molar-refractivity contribution in [3.63, 3.8) is 0 Å². The summed E-state index contributed by atoms with van der Waals surface area (Å²) in [4.78, 5) is 26.3. The highest BCUT2D eigenvalue weighted by Crippen LogP contribution is 2.38. The standard InChI is InChI=1S/C22H27N5O/c28-22(25-18-13-23-21(24-14-18)16-5-2-1-3-6-16)26-12-10-20-17(15-26)7-4-11-27(20)19-8-9-19/h1-3,5-6,13-14,17,19-20H,4,7-12,15H2,(H,25,28). The molecule has 2 amide bonds. The molecule has 1 aromatic carbocycles. The molecular formula is C22H27N5O. The first-order valence-corrected chi connectivity index (χ1v) is 10.5. The first-order chi connectivity index (χ1) is 13.8. The number of amides is 2. The summed E-state index contributed by atoms with van der Waals surface area (Å²) in [6.45, 7) is 2.95. The van der Waals surface area contributed by atoms with E-state index < -0.39 is 0 Å². The van der Waals surface area contributed by atoms with Crippen LogP contribution in [-0.2, 0) is 0 Å². The number of piperidine rings is 2. The first-order valence-electron chi connectivity index (χ1n) is 10.5. The summed E-state index contributed by atoms with van der Waals surface area (Å²) in [5, 5.41) is 2.98. The van der Waals surface area contributed by atoms with E-state index in [1.165, 1.54) is 32.2 Å². The Labute approximate surface area is 166 Å². The van der Waals surface area contributed by atoms with Crippen molar-refractivity contribution in [2.45, 2.75) is 44.2 Å². The topological polar surface area (TPSA) is 61.4 Å². The molecule has 0 bridgehead atoms. The van der Waals surface area contributed by atoms with Gasteiger partial charge in [-0.1, -0.05) is 30.3 Å². The van der Waals surface area contributed by atoms with E-state index in [9.17, 15) is 4.79 Å². The fraction of sp³-hybridized carbons (Fsp3) is 0.500. The van der Waals surface area contributed by atoms with Crippen LogP contribution in [0.4, 0.5) is 10.5 Å². The molecule has 0 radical (unpaired) electrons. The number of benzene rings is 1.